The summed E-state index contributed by atoms with van der Waals surface area (Å²) in [7, 11) is -1.08. The molecule has 2 amide bonds. The molecule has 0 aromatic heterocycles. The molecule has 1 aliphatic carbocycles. The molecule has 0 unspecified atom stereocenters. The van der Waals surface area contributed by atoms with E-state index in [-0.39, 0.29) is 18.5 Å². The summed E-state index contributed by atoms with van der Waals surface area (Å²) in [6.07, 6.45) is 4.47. The fraction of sp³-hybridized carbons (Fsp3) is 0.481. The second-order valence-corrected chi connectivity index (χ2v) is 11.6. The summed E-state index contributed by atoms with van der Waals surface area (Å²) < 4.78 is 28.6. The summed E-state index contributed by atoms with van der Waals surface area (Å²) in [4.78, 5) is 28.8. The van der Waals surface area contributed by atoms with Crippen LogP contribution in [0.1, 0.15) is 50.2 Å². The Morgan fingerprint density at radius 2 is 1.61 bits per heavy atom. The van der Waals surface area contributed by atoms with Crippen molar-refractivity contribution in [3.05, 3.63) is 65.7 Å². The van der Waals surface area contributed by atoms with Crippen molar-refractivity contribution in [2.24, 2.45) is 0 Å². The van der Waals surface area contributed by atoms with Crippen molar-refractivity contribution in [1.82, 2.24) is 14.5 Å². The molecule has 196 valence electrons. The first-order valence-electron chi connectivity index (χ1n) is 12.5. The molecule has 0 spiro atoms. The van der Waals surface area contributed by atoms with Crippen LogP contribution in [0.4, 0.5) is 5.69 Å². The lowest BCUT2D eigenvalue weighted by atomic mass is 10.1. The number of carbonyl (C=O) groups excluding carboxylic acids is 2. The molecule has 36 heavy (non-hydrogen) atoms. The molecule has 1 fully saturated rings. The van der Waals surface area contributed by atoms with Crippen LogP contribution < -0.4 is 9.62 Å². The van der Waals surface area contributed by atoms with Gasteiger partial charge in [0.1, 0.15) is 12.6 Å². The van der Waals surface area contributed by atoms with Gasteiger partial charge in [0.25, 0.3) is 0 Å². The van der Waals surface area contributed by atoms with Crippen LogP contribution in [0.2, 0.25) is 0 Å². The molecular weight excluding hydrogens is 476 g/mol. The highest BCUT2D eigenvalue weighted by Crippen LogP contribution is 2.23. The standard InChI is InChI=1S/C27H38N4O4S/c1-5-25(27(33)28-23-15-11-12-16-23)30(19-22-14-10-9-13-21(22)2)26(32)20-31(36(34,35)29(3)4)24-17-7-6-8-18-24/h6-10,13-14,17-18,23,25H,5,11-12,15-16,19-20H2,1-4H3,(H,28,33)/t25-/m0/s1. The van der Waals surface area contributed by atoms with Gasteiger partial charge in [-0.05, 0) is 49.4 Å². The van der Waals surface area contributed by atoms with Gasteiger partial charge in [-0.3, -0.25) is 9.59 Å². The molecule has 2 aromatic carbocycles. The molecule has 1 saturated carbocycles. The van der Waals surface area contributed by atoms with E-state index < -0.39 is 28.7 Å². The molecule has 1 N–H and O–H groups in total. The van der Waals surface area contributed by atoms with Crippen molar-refractivity contribution in [2.45, 2.75) is 64.6 Å². The predicted octanol–water partition coefficient (Wildman–Crippen LogP) is 3.47. The Morgan fingerprint density at radius 1 is 1.00 bits per heavy atom. The molecule has 0 bridgehead atoms. The summed E-state index contributed by atoms with van der Waals surface area (Å²) in [5, 5.41) is 3.13. The van der Waals surface area contributed by atoms with Gasteiger partial charge in [0.2, 0.25) is 11.8 Å². The number of para-hydroxylation sites is 1. The van der Waals surface area contributed by atoms with Crippen molar-refractivity contribution < 1.29 is 18.0 Å². The third kappa shape index (κ3) is 6.64. The van der Waals surface area contributed by atoms with Gasteiger partial charge in [-0.2, -0.15) is 12.7 Å². The van der Waals surface area contributed by atoms with Crippen molar-refractivity contribution >= 4 is 27.7 Å². The van der Waals surface area contributed by atoms with Gasteiger partial charge in [0.05, 0.1) is 5.69 Å². The van der Waals surface area contributed by atoms with Gasteiger partial charge in [-0.15, -0.1) is 0 Å². The van der Waals surface area contributed by atoms with E-state index in [1.807, 2.05) is 38.1 Å². The minimum atomic E-state index is -3.95. The quantitative estimate of drug-likeness (QED) is 0.497. The van der Waals surface area contributed by atoms with Crippen LogP contribution in [0.5, 0.6) is 0 Å². The Morgan fingerprint density at radius 3 is 2.19 bits per heavy atom. The summed E-state index contributed by atoms with van der Waals surface area (Å²) >= 11 is 0. The molecule has 0 saturated heterocycles. The molecule has 0 heterocycles. The Kier molecular flexibility index (Phi) is 9.50. The fourth-order valence-corrected chi connectivity index (χ4v) is 5.63. The third-order valence-electron chi connectivity index (χ3n) is 6.75. The van der Waals surface area contributed by atoms with Crippen molar-refractivity contribution in [1.29, 1.82) is 0 Å². The van der Waals surface area contributed by atoms with E-state index in [1.165, 1.54) is 19.0 Å². The summed E-state index contributed by atoms with van der Waals surface area (Å²) in [5.74, 6) is -0.617. The molecule has 0 radical (unpaired) electrons. The largest absolute Gasteiger partial charge is 0.352 e. The number of aryl methyl sites for hydroxylation is 1. The lowest BCUT2D eigenvalue weighted by molar-refractivity contribution is -0.140. The van der Waals surface area contributed by atoms with Gasteiger partial charge < -0.3 is 10.2 Å². The molecule has 9 heteroatoms. The van der Waals surface area contributed by atoms with E-state index >= 15 is 0 Å². The molecule has 0 aliphatic heterocycles. The Bertz CT molecular complexity index is 1130. The Labute approximate surface area is 215 Å². The van der Waals surface area contributed by atoms with Crippen LogP contribution in [0.3, 0.4) is 0 Å². The van der Waals surface area contributed by atoms with E-state index in [4.69, 9.17) is 0 Å². The Hall–Kier alpha value is -2.91. The van der Waals surface area contributed by atoms with Crippen LogP contribution >= 0.6 is 0 Å². The molecule has 2 aromatic rings. The van der Waals surface area contributed by atoms with Crippen LogP contribution in [-0.4, -0.2) is 62.2 Å². The van der Waals surface area contributed by atoms with Crippen LogP contribution in [0, 0.1) is 6.92 Å². The van der Waals surface area contributed by atoms with E-state index in [9.17, 15) is 18.0 Å². The van der Waals surface area contributed by atoms with Gasteiger partial charge >= 0.3 is 10.2 Å². The predicted molar refractivity (Wildman–Crippen MR) is 143 cm³/mol. The van der Waals surface area contributed by atoms with E-state index in [2.05, 4.69) is 5.32 Å². The van der Waals surface area contributed by atoms with Gasteiger partial charge in [0.15, 0.2) is 0 Å². The second-order valence-electron chi connectivity index (χ2n) is 9.49. The average Bonchev–Trinajstić information content (AvgIpc) is 3.36. The van der Waals surface area contributed by atoms with Gasteiger partial charge in [-0.25, -0.2) is 4.31 Å². The number of carbonyl (C=O) groups is 2. The van der Waals surface area contributed by atoms with Crippen molar-refractivity contribution in [2.75, 3.05) is 24.9 Å². The zero-order valence-electron chi connectivity index (χ0n) is 21.7. The van der Waals surface area contributed by atoms with Crippen LogP contribution in [-0.2, 0) is 26.3 Å². The third-order valence-corrected chi connectivity index (χ3v) is 8.57. The van der Waals surface area contributed by atoms with Crippen LogP contribution in [0.15, 0.2) is 54.6 Å². The summed E-state index contributed by atoms with van der Waals surface area (Å²) in [5.41, 5.74) is 2.31. The monoisotopic (exact) mass is 514 g/mol. The maximum atomic E-state index is 13.9. The first-order valence-corrected chi connectivity index (χ1v) is 13.9. The topological polar surface area (TPSA) is 90.0 Å². The molecule has 1 aliphatic rings. The maximum Gasteiger partial charge on any atom is 0.304 e. The maximum absolute atomic E-state index is 13.9. The molecular formula is C27H38N4O4S. The molecule has 3 rings (SSSR count). The van der Waals surface area contributed by atoms with E-state index in [1.54, 1.807) is 30.3 Å². The van der Waals surface area contributed by atoms with Crippen LogP contribution in [0.25, 0.3) is 0 Å². The zero-order valence-corrected chi connectivity index (χ0v) is 22.5. The molecule has 8 nitrogen and oxygen atoms in total. The number of hydrogen-bond acceptors (Lipinski definition) is 4. The number of anilines is 1. The number of nitrogens with one attached hydrogen (secondary N) is 1. The normalized spacial score (nSPS) is 15.0. The highest BCUT2D eigenvalue weighted by molar-refractivity contribution is 7.90. The molecule has 1 atom stereocenters. The number of nitrogens with zero attached hydrogens (tertiary/aromatic N) is 3. The zero-order chi connectivity index (χ0) is 26.3. The lowest BCUT2D eigenvalue weighted by Gasteiger charge is -2.34. The van der Waals surface area contributed by atoms with Gasteiger partial charge in [0, 0.05) is 26.7 Å². The highest BCUT2D eigenvalue weighted by atomic mass is 32.2. The first kappa shape index (κ1) is 27.7. The van der Waals surface area contributed by atoms with Crippen molar-refractivity contribution in [3.63, 3.8) is 0 Å². The van der Waals surface area contributed by atoms with E-state index in [0.29, 0.717) is 12.1 Å². The Balaban J connectivity index is 1.96. The lowest BCUT2D eigenvalue weighted by Crippen LogP contribution is -2.54. The van der Waals surface area contributed by atoms with Crippen molar-refractivity contribution in [3.8, 4) is 0 Å². The number of hydrogen-bond donors (Lipinski definition) is 1. The minimum absolute atomic E-state index is 0.122. The minimum Gasteiger partial charge on any atom is -0.352 e. The summed E-state index contributed by atoms with van der Waals surface area (Å²) in [6.45, 7) is 3.64. The smallest absolute Gasteiger partial charge is 0.304 e. The fourth-order valence-electron chi connectivity index (χ4n) is 4.57. The number of amides is 2. The SMILES string of the molecule is CC[C@@H](C(=O)NC1CCCC1)N(Cc1ccccc1C)C(=O)CN(c1ccccc1)S(=O)(=O)N(C)C. The highest BCUT2D eigenvalue weighted by Gasteiger charge is 2.34. The number of rotatable bonds is 11. The summed E-state index contributed by atoms with van der Waals surface area (Å²) in [6, 6.07) is 15.7. The van der Waals surface area contributed by atoms with Gasteiger partial charge in [-0.1, -0.05) is 62.2 Å². The second kappa shape index (κ2) is 12.4. The van der Waals surface area contributed by atoms with E-state index in [0.717, 1.165) is 45.4 Å². The first-order chi connectivity index (χ1) is 17.1. The number of benzene rings is 2. The average molecular weight is 515 g/mol.